The van der Waals surface area contributed by atoms with Gasteiger partial charge in [0.25, 0.3) is 0 Å². The molecule has 0 saturated carbocycles. The first kappa shape index (κ1) is 16.5. The third kappa shape index (κ3) is 3.25. The molecule has 3 nitrogen and oxygen atoms in total. The molecule has 2 aromatic carbocycles. The number of nitrogens with zero attached hydrogens (tertiary/aromatic N) is 1. The van der Waals surface area contributed by atoms with Gasteiger partial charge in [0.15, 0.2) is 23.8 Å². The van der Waals surface area contributed by atoms with Crippen LogP contribution >= 0.6 is 0 Å². The van der Waals surface area contributed by atoms with Crippen LogP contribution in [0.15, 0.2) is 48.5 Å². The zero-order valence-corrected chi connectivity index (χ0v) is 15.4. The van der Waals surface area contributed by atoms with Crippen LogP contribution in [0.5, 0.6) is 11.5 Å². The molecule has 0 N–H and O–H groups in total. The minimum absolute atomic E-state index is 0.0575. The Morgan fingerprint density at radius 2 is 1.60 bits per heavy atom. The van der Waals surface area contributed by atoms with E-state index in [0.29, 0.717) is 0 Å². The van der Waals surface area contributed by atoms with Crippen molar-refractivity contribution in [3.05, 3.63) is 59.7 Å². The molecule has 2 atom stereocenters. The standard InChI is InChI=1S/C22H27NO2/c1-22(2,3)17-11-12-18-19(15-17)24-20(16-9-5-4-6-10-16)21(25-18)23-13-7-8-14-23/h4-6,9-12,15,20-21H,7-8,13-14H2,1-3H3. The quantitative estimate of drug-likeness (QED) is 0.776. The summed E-state index contributed by atoms with van der Waals surface area (Å²) >= 11 is 0. The van der Waals surface area contributed by atoms with Crippen LogP contribution < -0.4 is 9.47 Å². The molecule has 0 spiro atoms. The van der Waals surface area contributed by atoms with Crippen molar-refractivity contribution in [3.63, 3.8) is 0 Å². The highest BCUT2D eigenvalue weighted by Gasteiger charge is 2.38. The number of hydrogen-bond donors (Lipinski definition) is 0. The zero-order valence-electron chi connectivity index (χ0n) is 15.4. The van der Waals surface area contributed by atoms with Gasteiger partial charge in [0.2, 0.25) is 0 Å². The van der Waals surface area contributed by atoms with E-state index in [0.717, 1.165) is 24.6 Å². The topological polar surface area (TPSA) is 21.7 Å². The summed E-state index contributed by atoms with van der Waals surface area (Å²) in [6, 6.07) is 16.8. The Morgan fingerprint density at radius 3 is 2.28 bits per heavy atom. The van der Waals surface area contributed by atoms with Crippen LogP contribution in [0.25, 0.3) is 0 Å². The number of fused-ring (bicyclic) bond motifs is 1. The average Bonchev–Trinajstić information content (AvgIpc) is 3.14. The molecule has 2 aliphatic heterocycles. The lowest BCUT2D eigenvalue weighted by Crippen LogP contribution is -2.46. The van der Waals surface area contributed by atoms with Crippen molar-refractivity contribution in [2.75, 3.05) is 13.1 Å². The highest BCUT2D eigenvalue weighted by atomic mass is 16.6. The summed E-state index contributed by atoms with van der Waals surface area (Å²) in [6.07, 6.45) is 2.31. The molecule has 2 heterocycles. The number of ether oxygens (including phenoxy) is 2. The van der Waals surface area contributed by atoms with Gasteiger partial charge in [-0.1, -0.05) is 57.2 Å². The van der Waals surface area contributed by atoms with Gasteiger partial charge in [-0.2, -0.15) is 0 Å². The molecule has 2 aromatic rings. The Balaban J connectivity index is 1.71. The Labute approximate surface area is 150 Å². The summed E-state index contributed by atoms with van der Waals surface area (Å²) in [6.45, 7) is 8.82. The first-order chi connectivity index (χ1) is 12.0. The van der Waals surface area contributed by atoms with E-state index >= 15 is 0 Å². The van der Waals surface area contributed by atoms with Crippen molar-refractivity contribution in [3.8, 4) is 11.5 Å². The van der Waals surface area contributed by atoms with E-state index in [-0.39, 0.29) is 17.7 Å². The van der Waals surface area contributed by atoms with Gasteiger partial charge in [-0.05, 0) is 41.5 Å². The van der Waals surface area contributed by atoms with E-state index in [1.165, 1.54) is 24.0 Å². The minimum atomic E-state index is -0.0954. The Kier molecular flexibility index (Phi) is 4.20. The van der Waals surface area contributed by atoms with E-state index in [2.05, 4.69) is 68.1 Å². The minimum Gasteiger partial charge on any atom is -0.476 e. The molecular formula is C22H27NO2. The molecule has 0 bridgehead atoms. The summed E-state index contributed by atoms with van der Waals surface area (Å²) in [4.78, 5) is 2.41. The molecule has 0 amide bonds. The second kappa shape index (κ2) is 6.38. The lowest BCUT2D eigenvalue weighted by molar-refractivity contribution is -0.0693. The van der Waals surface area contributed by atoms with Gasteiger partial charge in [-0.3, -0.25) is 4.90 Å². The van der Waals surface area contributed by atoms with Crippen molar-refractivity contribution >= 4 is 0 Å². The highest BCUT2D eigenvalue weighted by molar-refractivity contribution is 5.46. The first-order valence-electron chi connectivity index (χ1n) is 9.29. The summed E-state index contributed by atoms with van der Waals surface area (Å²) in [5, 5.41) is 0. The summed E-state index contributed by atoms with van der Waals surface area (Å²) < 4.78 is 13.0. The maximum Gasteiger partial charge on any atom is 0.194 e. The van der Waals surface area contributed by atoms with Crippen LogP contribution in [0.3, 0.4) is 0 Å². The molecule has 0 radical (unpaired) electrons. The van der Waals surface area contributed by atoms with E-state index < -0.39 is 0 Å². The first-order valence-corrected chi connectivity index (χ1v) is 9.29. The van der Waals surface area contributed by atoms with Crippen molar-refractivity contribution in [2.45, 2.75) is 51.4 Å². The van der Waals surface area contributed by atoms with Crippen molar-refractivity contribution in [1.29, 1.82) is 0 Å². The fraction of sp³-hybridized carbons (Fsp3) is 0.455. The van der Waals surface area contributed by atoms with Crippen LogP contribution in [-0.2, 0) is 5.41 Å². The largest absolute Gasteiger partial charge is 0.476 e. The summed E-state index contributed by atoms with van der Waals surface area (Å²) in [5.74, 6) is 1.72. The van der Waals surface area contributed by atoms with E-state index in [9.17, 15) is 0 Å². The van der Waals surface area contributed by atoms with Gasteiger partial charge in [0.1, 0.15) is 0 Å². The summed E-state index contributed by atoms with van der Waals surface area (Å²) in [5.41, 5.74) is 2.53. The van der Waals surface area contributed by atoms with E-state index in [1.807, 2.05) is 6.07 Å². The van der Waals surface area contributed by atoms with Crippen molar-refractivity contribution in [2.24, 2.45) is 0 Å². The smallest absolute Gasteiger partial charge is 0.194 e. The number of benzene rings is 2. The van der Waals surface area contributed by atoms with Crippen molar-refractivity contribution < 1.29 is 9.47 Å². The predicted octanol–water partition coefficient (Wildman–Crippen LogP) is 4.92. The maximum absolute atomic E-state index is 6.51. The molecule has 132 valence electrons. The normalized spacial score (nSPS) is 23.6. The lowest BCUT2D eigenvalue weighted by atomic mass is 9.87. The third-order valence-electron chi connectivity index (χ3n) is 5.20. The van der Waals surface area contributed by atoms with Gasteiger partial charge in [-0.15, -0.1) is 0 Å². The Hall–Kier alpha value is -2.00. The Bertz CT molecular complexity index is 729. The fourth-order valence-electron chi connectivity index (χ4n) is 3.69. The van der Waals surface area contributed by atoms with E-state index in [4.69, 9.17) is 9.47 Å². The van der Waals surface area contributed by atoms with Crippen LogP contribution in [0, 0.1) is 0 Å². The molecule has 3 heteroatoms. The fourth-order valence-corrected chi connectivity index (χ4v) is 3.69. The SMILES string of the molecule is CC(C)(C)c1ccc2c(c1)OC(c1ccccc1)C(N1CCCC1)O2. The number of likely N-dealkylation sites (tertiary alicyclic amines) is 1. The average molecular weight is 337 g/mol. The van der Waals surface area contributed by atoms with Gasteiger partial charge in [-0.25, -0.2) is 0 Å². The molecule has 2 aliphatic rings. The van der Waals surface area contributed by atoms with Crippen LogP contribution in [0.1, 0.15) is 50.8 Å². The summed E-state index contributed by atoms with van der Waals surface area (Å²) in [7, 11) is 0. The van der Waals surface area contributed by atoms with Gasteiger partial charge in [0.05, 0.1) is 0 Å². The molecular weight excluding hydrogens is 310 g/mol. The van der Waals surface area contributed by atoms with Crippen molar-refractivity contribution in [1.82, 2.24) is 4.90 Å². The molecule has 25 heavy (non-hydrogen) atoms. The van der Waals surface area contributed by atoms with Crippen LogP contribution in [0.4, 0.5) is 0 Å². The van der Waals surface area contributed by atoms with Gasteiger partial charge < -0.3 is 9.47 Å². The molecule has 0 aliphatic carbocycles. The monoisotopic (exact) mass is 337 g/mol. The maximum atomic E-state index is 6.51. The molecule has 0 aromatic heterocycles. The molecule has 1 saturated heterocycles. The van der Waals surface area contributed by atoms with Gasteiger partial charge >= 0.3 is 0 Å². The van der Waals surface area contributed by atoms with Crippen LogP contribution in [0.2, 0.25) is 0 Å². The lowest BCUT2D eigenvalue weighted by Gasteiger charge is -2.39. The number of rotatable bonds is 2. The van der Waals surface area contributed by atoms with Gasteiger partial charge in [0, 0.05) is 13.1 Å². The Morgan fingerprint density at radius 1 is 0.880 bits per heavy atom. The second-order valence-electron chi connectivity index (χ2n) is 8.11. The van der Waals surface area contributed by atoms with E-state index in [1.54, 1.807) is 0 Å². The molecule has 4 rings (SSSR count). The third-order valence-corrected chi connectivity index (χ3v) is 5.20. The number of hydrogen-bond acceptors (Lipinski definition) is 3. The molecule has 2 unspecified atom stereocenters. The second-order valence-corrected chi connectivity index (χ2v) is 8.11. The highest BCUT2D eigenvalue weighted by Crippen LogP contribution is 2.43. The zero-order chi connectivity index (χ0) is 17.4. The molecule has 1 fully saturated rings. The predicted molar refractivity (Wildman–Crippen MR) is 100 cm³/mol. The van der Waals surface area contributed by atoms with Crippen LogP contribution in [-0.4, -0.2) is 24.2 Å².